The lowest BCUT2D eigenvalue weighted by Crippen LogP contribution is -2.11. The zero-order chi connectivity index (χ0) is 6.41. The van der Waals surface area contributed by atoms with E-state index in [0.29, 0.717) is 6.41 Å². The number of rotatable bonds is 3. The van der Waals surface area contributed by atoms with Crippen LogP contribution in [0.1, 0.15) is 0 Å². The van der Waals surface area contributed by atoms with Crippen molar-refractivity contribution >= 4 is 12.7 Å². The summed E-state index contributed by atoms with van der Waals surface area (Å²) in [5.74, 6) is 0. The van der Waals surface area contributed by atoms with Crippen molar-refractivity contribution in [2.75, 3.05) is 14.1 Å². The molecule has 0 aromatic carbocycles. The minimum Gasteiger partial charge on any atom is -0.367 e. The highest BCUT2D eigenvalue weighted by Crippen LogP contribution is 1.60. The predicted octanol–water partition coefficient (Wildman–Crippen LogP) is -0.763. The van der Waals surface area contributed by atoms with Gasteiger partial charge in [0.1, 0.15) is 6.34 Å². The molecule has 0 saturated carbocycles. The van der Waals surface area contributed by atoms with Gasteiger partial charge in [-0.05, 0) is 0 Å². The molecule has 0 aromatic heterocycles. The molecule has 8 heavy (non-hydrogen) atoms. The van der Waals surface area contributed by atoms with E-state index in [9.17, 15) is 4.79 Å². The number of nitrogens with one attached hydrogen (secondary N) is 1. The summed E-state index contributed by atoms with van der Waals surface area (Å²) in [4.78, 5) is 11.3. The topological polar surface area (TPSA) is 44.7 Å². The summed E-state index contributed by atoms with van der Waals surface area (Å²) in [7, 11) is 3.63. The van der Waals surface area contributed by atoms with E-state index in [1.165, 1.54) is 6.34 Å². The van der Waals surface area contributed by atoms with Gasteiger partial charge >= 0.3 is 0 Å². The third kappa shape index (κ3) is 4.94. The first-order chi connectivity index (χ1) is 3.77. The van der Waals surface area contributed by atoms with Gasteiger partial charge in [0.15, 0.2) is 0 Å². The highest BCUT2D eigenvalue weighted by molar-refractivity contribution is 5.56. The van der Waals surface area contributed by atoms with Crippen LogP contribution >= 0.6 is 0 Å². The maximum absolute atomic E-state index is 9.54. The summed E-state index contributed by atoms with van der Waals surface area (Å²) in [6.07, 6.45) is 2.01. The Morgan fingerprint density at radius 1 is 1.62 bits per heavy atom. The van der Waals surface area contributed by atoms with Gasteiger partial charge in [0.2, 0.25) is 6.41 Å². The van der Waals surface area contributed by atoms with Crippen LogP contribution in [0.15, 0.2) is 5.10 Å². The third-order valence-electron chi connectivity index (χ3n) is 0.416. The van der Waals surface area contributed by atoms with Crippen molar-refractivity contribution in [1.29, 1.82) is 0 Å². The molecule has 0 aliphatic rings. The lowest BCUT2D eigenvalue weighted by atomic mass is 11.0. The Morgan fingerprint density at radius 3 is 2.62 bits per heavy atom. The fourth-order valence-electron chi connectivity index (χ4n) is 0.179. The fourth-order valence-corrected chi connectivity index (χ4v) is 0.179. The number of hydrogen-bond acceptors (Lipinski definition) is 2. The number of hydrazone groups is 1. The molecule has 0 saturated heterocycles. The minimum atomic E-state index is 0.514. The zero-order valence-corrected chi connectivity index (χ0v) is 4.96. The van der Waals surface area contributed by atoms with Crippen LogP contribution in [0.5, 0.6) is 0 Å². The van der Waals surface area contributed by atoms with E-state index in [1.54, 1.807) is 4.90 Å². The van der Waals surface area contributed by atoms with Gasteiger partial charge in [0.25, 0.3) is 0 Å². The van der Waals surface area contributed by atoms with Gasteiger partial charge in [-0.1, -0.05) is 0 Å². The summed E-state index contributed by atoms with van der Waals surface area (Å²) in [5, 5.41) is 3.47. The van der Waals surface area contributed by atoms with Gasteiger partial charge in [0, 0.05) is 14.1 Å². The second-order valence-corrected chi connectivity index (χ2v) is 1.46. The summed E-state index contributed by atoms with van der Waals surface area (Å²) < 4.78 is 0. The first-order valence-corrected chi connectivity index (χ1v) is 2.16. The van der Waals surface area contributed by atoms with E-state index in [0.717, 1.165) is 0 Å². The molecule has 1 N–H and O–H groups in total. The lowest BCUT2D eigenvalue weighted by molar-refractivity contribution is -0.109. The second kappa shape index (κ2) is 4.11. The average molecular weight is 115 g/mol. The number of hydrogen-bond donors (Lipinski definition) is 1. The molecule has 4 nitrogen and oxygen atoms in total. The van der Waals surface area contributed by atoms with Crippen molar-refractivity contribution in [2.45, 2.75) is 0 Å². The van der Waals surface area contributed by atoms with E-state index in [2.05, 4.69) is 10.5 Å². The Bertz CT molecular complexity index is 89.3. The first kappa shape index (κ1) is 6.94. The number of amides is 1. The maximum Gasteiger partial charge on any atom is 0.227 e. The summed E-state index contributed by atoms with van der Waals surface area (Å²) in [5.41, 5.74) is 2.13. The molecule has 0 bridgehead atoms. The largest absolute Gasteiger partial charge is 0.367 e. The molecule has 1 amide bonds. The molecule has 46 valence electrons. The molecule has 0 unspecified atom stereocenters. The van der Waals surface area contributed by atoms with E-state index < -0.39 is 0 Å². The Balaban J connectivity index is 3.19. The van der Waals surface area contributed by atoms with Crippen LogP contribution in [-0.2, 0) is 4.79 Å². The van der Waals surface area contributed by atoms with E-state index in [4.69, 9.17) is 0 Å². The Hall–Kier alpha value is -1.06. The van der Waals surface area contributed by atoms with Crippen LogP contribution < -0.4 is 5.43 Å². The van der Waals surface area contributed by atoms with Crippen LogP contribution in [0, 0.1) is 0 Å². The van der Waals surface area contributed by atoms with E-state index >= 15 is 0 Å². The van der Waals surface area contributed by atoms with Gasteiger partial charge in [-0.15, -0.1) is 0 Å². The van der Waals surface area contributed by atoms with Crippen LogP contribution in [0.4, 0.5) is 0 Å². The minimum absolute atomic E-state index is 0.514. The molecule has 0 spiro atoms. The Morgan fingerprint density at radius 2 is 2.25 bits per heavy atom. The maximum atomic E-state index is 9.54. The molecule has 0 atom stereocenters. The number of nitrogens with zero attached hydrogens (tertiary/aromatic N) is 2. The highest BCUT2D eigenvalue weighted by atomic mass is 16.1. The van der Waals surface area contributed by atoms with Gasteiger partial charge in [-0.3, -0.25) is 4.79 Å². The van der Waals surface area contributed by atoms with Crippen LogP contribution in [-0.4, -0.2) is 31.7 Å². The molecule has 0 radical (unpaired) electrons. The van der Waals surface area contributed by atoms with Crippen molar-refractivity contribution in [2.24, 2.45) is 5.10 Å². The fraction of sp³-hybridized carbons (Fsp3) is 0.500. The number of carbonyl (C=O) groups is 1. The van der Waals surface area contributed by atoms with Gasteiger partial charge in [-0.25, -0.2) is 5.43 Å². The van der Waals surface area contributed by atoms with Crippen molar-refractivity contribution in [3.05, 3.63) is 0 Å². The molecule has 0 fully saturated rings. The van der Waals surface area contributed by atoms with Crippen molar-refractivity contribution < 1.29 is 4.79 Å². The normalized spacial score (nSPS) is 9.25. The Kier molecular flexibility index (Phi) is 3.56. The van der Waals surface area contributed by atoms with Gasteiger partial charge < -0.3 is 4.90 Å². The third-order valence-corrected chi connectivity index (χ3v) is 0.416. The van der Waals surface area contributed by atoms with Gasteiger partial charge in [-0.2, -0.15) is 5.10 Å². The summed E-state index contributed by atoms with van der Waals surface area (Å²) >= 11 is 0. The molecule has 0 heterocycles. The average Bonchev–Trinajstić information content (AvgIpc) is 1.66. The molecule has 0 rings (SSSR count). The van der Waals surface area contributed by atoms with Crippen LogP contribution in [0.3, 0.4) is 0 Å². The predicted molar refractivity (Wildman–Crippen MR) is 31.4 cm³/mol. The Labute approximate surface area is 48.2 Å². The van der Waals surface area contributed by atoms with Crippen LogP contribution in [0.25, 0.3) is 0 Å². The SMILES string of the molecule is CN(C)/C=N/NC=O. The van der Waals surface area contributed by atoms with Crippen molar-refractivity contribution in [1.82, 2.24) is 10.3 Å². The smallest absolute Gasteiger partial charge is 0.227 e. The second-order valence-electron chi connectivity index (χ2n) is 1.46. The molecular formula is C4H9N3O. The first-order valence-electron chi connectivity index (χ1n) is 2.16. The van der Waals surface area contributed by atoms with Crippen molar-refractivity contribution in [3.8, 4) is 0 Å². The van der Waals surface area contributed by atoms with Gasteiger partial charge in [0.05, 0.1) is 0 Å². The molecule has 0 aromatic rings. The standard InChI is InChI=1S/C4H9N3O/c1-7(2)3-5-6-4-8/h3-4H,1-2H3,(H,6,8)/b5-3+. The molecule has 4 heteroatoms. The van der Waals surface area contributed by atoms with Crippen molar-refractivity contribution in [3.63, 3.8) is 0 Å². The van der Waals surface area contributed by atoms with E-state index in [-0.39, 0.29) is 0 Å². The summed E-state index contributed by atoms with van der Waals surface area (Å²) in [6.45, 7) is 0. The molecule has 0 aliphatic carbocycles. The quantitative estimate of drug-likeness (QED) is 0.227. The molecule has 0 aliphatic heterocycles. The highest BCUT2D eigenvalue weighted by Gasteiger charge is 1.72. The lowest BCUT2D eigenvalue weighted by Gasteiger charge is -1.99. The monoisotopic (exact) mass is 115 g/mol. The molecular weight excluding hydrogens is 106 g/mol. The van der Waals surface area contributed by atoms with E-state index in [1.807, 2.05) is 14.1 Å². The van der Waals surface area contributed by atoms with Crippen LogP contribution in [0.2, 0.25) is 0 Å². The zero-order valence-electron chi connectivity index (χ0n) is 4.96. The summed E-state index contributed by atoms with van der Waals surface area (Å²) in [6, 6.07) is 0. The number of carbonyl (C=O) groups excluding carboxylic acids is 1.